The maximum Gasteiger partial charge on any atom is 0.342 e. The van der Waals surface area contributed by atoms with Gasteiger partial charge < -0.3 is 15.2 Å². The molecule has 0 aromatic heterocycles. The van der Waals surface area contributed by atoms with Crippen molar-refractivity contribution in [2.75, 3.05) is 11.9 Å². The predicted octanol–water partition coefficient (Wildman–Crippen LogP) is 2.10. The molecule has 2 rings (SSSR count). The number of hydrogen-bond donors (Lipinski definition) is 2. The highest BCUT2D eigenvalue weighted by molar-refractivity contribution is 5.97. The summed E-state index contributed by atoms with van der Waals surface area (Å²) < 4.78 is 4.76. The molecule has 118 valence electrons. The van der Waals surface area contributed by atoms with Gasteiger partial charge in [-0.25, -0.2) is 4.79 Å². The molecule has 8 heteroatoms. The number of hydrogen-bond acceptors (Lipinski definition) is 6. The Morgan fingerprint density at radius 2 is 1.78 bits per heavy atom. The van der Waals surface area contributed by atoms with E-state index in [-0.39, 0.29) is 22.7 Å². The molecule has 2 N–H and O–H groups in total. The molecular weight excluding hydrogens is 304 g/mol. The van der Waals surface area contributed by atoms with Crippen molar-refractivity contribution in [3.63, 3.8) is 0 Å². The van der Waals surface area contributed by atoms with E-state index in [4.69, 9.17) is 4.74 Å². The number of phenols is 1. The van der Waals surface area contributed by atoms with Crippen LogP contribution in [0.15, 0.2) is 48.5 Å². The maximum absolute atomic E-state index is 11.7. The first-order valence-corrected chi connectivity index (χ1v) is 6.47. The first-order valence-electron chi connectivity index (χ1n) is 6.47. The molecule has 0 spiro atoms. The zero-order valence-corrected chi connectivity index (χ0v) is 11.8. The summed E-state index contributed by atoms with van der Waals surface area (Å²) in [6.45, 7) is -0.640. The lowest BCUT2D eigenvalue weighted by Crippen LogP contribution is -2.21. The smallest absolute Gasteiger partial charge is 0.342 e. The van der Waals surface area contributed by atoms with E-state index < -0.39 is 23.4 Å². The van der Waals surface area contributed by atoms with Crippen LogP contribution in [-0.2, 0) is 9.53 Å². The average molecular weight is 316 g/mol. The Hall–Kier alpha value is -3.42. The molecular formula is C15H12N2O6. The third-order valence-electron chi connectivity index (χ3n) is 2.83. The second-order valence-corrected chi connectivity index (χ2v) is 4.42. The third-order valence-corrected chi connectivity index (χ3v) is 2.83. The molecule has 0 saturated carbocycles. The van der Waals surface area contributed by atoms with Crippen molar-refractivity contribution < 1.29 is 24.4 Å². The van der Waals surface area contributed by atoms with Crippen molar-refractivity contribution in [3.8, 4) is 5.75 Å². The number of carbonyl (C=O) groups excluding carboxylic acids is 2. The molecule has 0 aliphatic carbocycles. The van der Waals surface area contributed by atoms with Crippen LogP contribution < -0.4 is 5.32 Å². The van der Waals surface area contributed by atoms with Crippen LogP contribution in [0.2, 0.25) is 0 Å². The summed E-state index contributed by atoms with van der Waals surface area (Å²) in [6.07, 6.45) is 0. The van der Waals surface area contributed by atoms with Gasteiger partial charge in [0, 0.05) is 6.07 Å². The number of amides is 1. The lowest BCUT2D eigenvalue weighted by Gasteiger charge is -2.07. The molecule has 0 atom stereocenters. The van der Waals surface area contributed by atoms with E-state index in [0.717, 1.165) is 0 Å². The van der Waals surface area contributed by atoms with Gasteiger partial charge in [0.05, 0.1) is 4.92 Å². The van der Waals surface area contributed by atoms with E-state index in [0.29, 0.717) is 0 Å². The number of esters is 1. The monoisotopic (exact) mass is 316 g/mol. The fourth-order valence-corrected chi connectivity index (χ4v) is 1.78. The number of nitro benzene ring substituents is 1. The number of benzene rings is 2. The SMILES string of the molecule is O=C(COC(=O)c1ccccc1O)Nc1ccccc1[N+](=O)[O-]. The van der Waals surface area contributed by atoms with Crippen LogP contribution >= 0.6 is 0 Å². The summed E-state index contributed by atoms with van der Waals surface area (Å²) in [5, 5.41) is 22.6. The summed E-state index contributed by atoms with van der Waals surface area (Å²) in [4.78, 5) is 33.7. The van der Waals surface area contributed by atoms with E-state index >= 15 is 0 Å². The Morgan fingerprint density at radius 1 is 1.13 bits per heavy atom. The van der Waals surface area contributed by atoms with Crippen LogP contribution in [0.1, 0.15) is 10.4 Å². The van der Waals surface area contributed by atoms with E-state index in [9.17, 15) is 24.8 Å². The molecule has 1 amide bonds. The van der Waals surface area contributed by atoms with Gasteiger partial charge in [0.1, 0.15) is 17.0 Å². The Labute approximate surface area is 130 Å². The van der Waals surface area contributed by atoms with Crippen molar-refractivity contribution in [2.45, 2.75) is 0 Å². The van der Waals surface area contributed by atoms with Crippen LogP contribution in [0.5, 0.6) is 5.75 Å². The number of phenolic OH excluding ortho intramolecular Hbond substituents is 1. The zero-order valence-electron chi connectivity index (χ0n) is 11.8. The van der Waals surface area contributed by atoms with Gasteiger partial charge in [-0.2, -0.15) is 0 Å². The van der Waals surface area contributed by atoms with Crippen molar-refractivity contribution in [3.05, 3.63) is 64.2 Å². The molecule has 2 aromatic carbocycles. The van der Waals surface area contributed by atoms with Gasteiger partial charge in [0.15, 0.2) is 6.61 Å². The van der Waals surface area contributed by atoms with E-state index in [1.807, 2.05) is 0 Å². The highest BCUT2D eigenvalue weighted by Gasteiger charge is 2.17. The molecule has 0 aliphatic heterocycles. The average Bonchev–Trinajstić information content (AvgIpc) is 2.53. The van der Waals surface area contributed by atoms with Crippen molar-refractivity contribution in [1.29, 1.82) is 0 Å². The number of rotatable bonds is 5. The van der Waals surface area contributed by atoms with Crippen LogP contribution in [0.25, 0.3) is 0 Å². The van der Waals surface area contributed by atoms with Crippen LogP contribution in [0, 0.1) is 10.1 Å². The number of para-hydroxylation sites is 3. The first-order chi connectivity index (χ1) is 11.0. The Bertz CT molecular complexity index is 759. The summed E-state index contributed by atoms with van der Waals surface area (Å²) in [5.74, 6) is -1.87. The number of anilines is 1. The Morgan fingerprint density at radius 3 is 2.48 bits per heavy atom. The highest BCUT2D eigenvalue weighted by atomic mass is 16.6. The van der Waals surface area contributed by atoms with Crippen LogP contribution in [-0.4, -0.2) is 28.5 Å². The molecule has 0 saturated heterocycles. The molecule has 23 heavy (non-hydrogen) atoms. The van der Waals surface area contributed by atoms with Crippen LogP contribution in [0.4, 0.5) is 11.4 Å². The van der Waals surface area contributed by atoms with Gasteiger partial charge in [-0.1, -0.05) is 24.3 Å². The minimum atomic E-state index is -0.874. The Kier molecular flexibility index (Phi) is 4.88. The summed E-state index contributed by atoms with van der Waals surface area (Å²) in [7, 11) is 0. The molecule has 0 aliphatic rings. The molecule has 0 radical (unpaired) electrons. The fraction of sp³-hybridized carbons (Fsp3) is 0.0667. The number of nitrogens with one attached hydrogen (secondary N) is 1. The maximum atomic E-state index is 11.7. The van der Waals surface area contributed by atoms with E-state index in [1.54, 1.807) is 0 Å². The van der Waals surface area contributed by atoms with Gasteiger partial charge in [0.2, 0.25) is 0 Å². The number of aromatic hydroxyl groups is 1. The summed E-state index contributed by atoms with van der Waals surface area (Å²) in [5.41, 5.74) is -0.347. The first kappa shape index (κ1) is 16.0. The standard InChI is InChI=1S/C15H12N2O6/c18-13-8-4-1-5-10(13)15(20)23-9-14(19)16-11-6-2-3-7-12(11)17(21)22/h1-8,18H,9H2,(H,16,19). The topological polar surface area (TPSA) is 119 Å². The lowest BCUT2D eigenvalue weighted by atomic mass is 10.2. The number of ether oxygens (including phenoxy) is 1. The molecule has 2 aromatic rings. The minimum Gasteiger partial charge on any atom is -0.507 e. The second kappa shape index (κ2) is 7.03. The number of carbonyl (C=O) groups is 2. The molecule has 0 bridgehead atoms. The van der Waals surface area contributed by atoms with Crippen LogP contribution in [0.3, 0.4) is 0 Å². The number of nitrogens with zero attached hydrogens (tertiary/aromatic N) is 1. The second-order valence-electron chi connectivity index (χ2n) is 4.42. The van der Waals surface area contributed by atoms with Gasteiger partial charge in [-0.3, -0.25) is 14.9 Å². The third kappa shape index (κ3) is 4.03. The van der Waals surface area contributed by atoms with E-state index in [1.165, 1.54) is 48.5 Å². The number of nitro groups is 1. The zero-order chi connectivity index (χ0) is 16.8. The van der Waals surface area contributed by atoms with Crippen molar-refractivity contribution >= 4 is 23.3 Å². The van der Waals surface area contributed by atoms with Crippen molar-refractivity contribution in [2.24, 2.45) is 0 Å². The normalized spacial score (nSPS) is 9.91. The Balaban J connectivity index is 1.97. The highest BCUT2D eigenvalue weighted by Crippen LogP contribution is 2.23. The van der Waals surface area contributed by atoms with Gasteiger partial charge in [-0.15, -0.1) is 0 Å². The van der Waals surface area contributed by atoms with Gasteiger partial charge in [-0.05, 0) is 18.2 Å². The predicted molar refractivity (Wildman–Crippen MR) is 80.1 cm³/mol. The van der Waals surface area contributed by atoms with E-state index in [2.05, 4.69) is 5.32 Å². The lowest BCUT2D eigenvalue weighted by molar-refractivity contribution is -0.383. The molecule has 8 nitrogen and oxygen atoms in total. The molecule has 0 fully saturated rings. The van der Waals surface area contributed by atoms with Crippen molar-refractivity contribution in [1.82, 2.24) is 0 Å². The largest absolute Gasteiger partial charge is 0.507 e. The fourth-order valence-electron chi connectivity index (χ4n) is 1.78. The van der Waals surface area contributed by atoms with Gasteiger partial charge in [0.25, 0.3) is 11.6 Å². The van der Waals surface area contributed by atoms with Gasteiger partial charge >= 0.3 is 5.97 Å². The quantitative estimate of drug-likeness (QED) is 0.495. The minimum absolute atomic E-state index is 0.00103. The molecule has 0 unspecified atom stereocenters. The summed E-state index contributed by atoms with van der Waals surface area (Å²) in [6, 6.07) is 11.3. The summed E-state index contributed by atoms with van der Waals surface area (Å²) >= 11 is 0. The molecule has 0 heterocycles.